The molecule has 0 saturated carbocycles. The Kier molecular flexibility index (Phi) is 6.06. The molecule has 3 rings (SSSR count). The summed E-state index contributed by atoms with van der Waals surface area (Å²) in [6.07, 6.45) is -4.47. The molecule has 2 aromatic carbocycles. The minimum atomic E-state index is -4.47. The summed E-state index contributed by atoms with van der Waals surface area (Å²) in [4.78, 5) is 12.6. The molecule has 0 bridgehead atoms. The van der Waals surface area contributed by atoms with Gasteiger partial charge in [0.05, 0.1) is 11.2 Å². The molecule has 1 heterocycles. The van der Waals surface area contributed by atoms with Crippen LogP contribution in [0.4, 0.5) is 42.4 Å². The van der Waals surface area contributed by atoms with E-state index in [0.29, 0.717) is 5.69 Å². The lowest BCUT2D eigenvalue weighted by atomic mass is 10.1. The zero-order valence-corrected chi connectivity index (χ0v) is 16.2. The van der Waals surface area contributed by atoms with Crippen molar-refractivity contribution in [1.29, 1.82) is 0 Å². The Morgan fingerprint density at radius 2 is 1.57 bits per heavy atom. The molecule has 0 aliphatic heterocycles. The van der Waals surface area contributed by atoms with E-state index in [4.69, 9.17) is 0 Å². The van der Waals surface area contributed by atoms with Crippen LogP contribution in [-0.4, -0.2) is 32.2 Å². The fraction of sp³-hybridized carbons (Fsp3) is 0.250. The molecule has 7 nitrogen and oxygen atoms in total. The molecule has 0 fully saturated rings. The summed E-state index contributed by atoms with van der Waals surface area (Å²) in [6, 6.07) is 14.6. The maximum Gasteiger partial charge on any atom is 0.416 e. The van der Waals surface area contributed by atoms with E-state index in [0.717, 1.165) is 12.1 Å². The summed E-state index contributed by atoms with van der Waals surface area (Å²) >= 11 is 0. The second kappa shape index (κ2) is 8.54. The van der Waals surface area contributed by atoms with E-state index in [1.54, 1.807) is 38.1 Å². The lowest BCUT2D eigenvalue weighted by Crippen LogP contribution is -2.30. The van der Waals surface area contributed by atoms with Crippen LogP contribution < -0.4 is 16.0 Å². The first-order valence-corrected chi connectivity index (χ1v) is 8.98. The van der Waals surface area contributed by atoms with Crippen LogP contribution in [-0.2, 0) is 6.18 Å². The van der Waals surface area contributed by atoms with Crippen molar-refractivity contribution in [3.8, 4) is 0 Å². The van der Waals surface area contributed by atoms with Gasteiger partial charge in [0.15, 0.2) is 0 Å². The van der Waals surface area contributed by atoms with E-state index < -0.39 is 17.3 Å². The Morgan fingerprint density at radius 1 is 0.933 bits per heavy atom. The molecule has 157 valence electrons. The Hall–Kier alpha value is -3.40. The van der Waals surface area contributed by atoms with Gasteiger partial charge in [-0.3, -0.25) is 0 Å². The molecule has 0 atom stereocenters. The highest BCUT2D eigenvalue weighted by Crippen LogP contribution is 2.31. The molecular weight excluding hydrogens is 397 g/mol. The van der Waals surface area contributed by atoms with E-state index in [9.17, 15) is 18.3 Å². The van der Waals surface area contributed by atoms with Crippen LogP contribution >= 0.6 is 0 Å². The van der Waals surface area contributed by atoms with Gasteiger partial charge in [0.2, 0.25) is 17.8 Å². The number of alkyl halides is 3. The predicted molar refractivity (Wildman–Crippen MR) is 108 cm³/mol. The first kappa shape index (κ1) is 21.3. The number of nitrogens with zero attached hydrogens (tertiary/aromatic N) is 3. The summed E-state index contributed by atoms with van der Waals surface area (Å²) < 4.78 is 38.9. The van der Waals surface area contributed by atoms with E-state index in [1.807, 2.05) is 0 Å². The van der Waals surface area contributed by atoms with Gasteiger partial charge >= 0.3 is 6.18 Å². The van der Waals surface area contributed by atoms with Crippen LogP contribution in [0.1, 0.15) is 19.4 Å². The Balaban J connectivity index is 1.89. The molecule has 0 unspecified atom stereocenters. The highest BCUT2D eigenvalue weighted by molar-refractivity contribution is 5.59. The first-order valence-electron chi connectivity index (χ1n) is 8.98. The SMILES string of the molecule is CC(C)(O)CNc1nc(Nc2c[c]ccc2)nc(Nc2cccc(C(F)(F)F)c2)n1. The van der Waals surface area contributed by atoms with Crippen LogP contribution in [0, 0.1) is 6.07 Å². The first-order chi connectivity index (χ1) is 14.1. The summed E-state index contributed by atoms with van der Waals surface area (Å²) in [6.45, 7) is 3.38. The van der Waals surface area contributed by atoms with Crippen molar-refractivity contribution in [2.24, 2.45) is 0 Å². The highest BCUT2D eigenvalue weighted by Gasteiger charge is 2.30. The zero-order chi connectivity index (χ0) is 21.8. The van der Waals surface area contributed by atoms with Crippen LogP contribution in [0.2, 0.25) is 0 Å². The number of hydrogen-bond donors (Lipinski definition) is 4. The predicted octanol–water partition coefficient (Wildman–Crippen LogP) is 4.36. The molecule has 3 aromatic rings. The van der Waals surface area contributed by atoms with E-state index in [2.05, 4.69) is 37.0 Å². The molecule has 10 heteroatoms. The summed E-state index contributed by atoms with van der Waals surface area (Å²) in [5.41, 5.74) is -0.978. The normalized spacial score (nSPS) is 11.8. The van der Waals surface area contributed by atoms with Gasteiger partial charge in [-0.25, -0.2) is 0 Å². The molecule has 0 amide bonds. The van der Waals surface area contributed by atoms with Gasteiger partial charge in [0.1, 0.15) is 0 Å². The van der Waals surface area contributed by atoms with Gasteiger partial charge in [0, 0.05) is 17.9 Å². The van der Waals surface area contributed by atoms with Crippen LogP contribution in [0.5, 0.6) is 0 Å². The lowest BCUT2D eigenvalue weighted by Gasteiger charge is -2.18. The number of hydrogen-bond acceptors (Lipinski definition) is 7. The monoisotopic (exact) mass is 417 g/mol. The van der Waals surface area contributed by atoms with E-state index in [-0.39, 0.29) is 30.1 Å². The smallest absolute Gasteiger partial charge is 0.389 e. The fourth-order valence-corrected chi connectivity index (χ4v) is 2.36. The van der Waals surface area contributed by atoms with E-state index >= 15 is 0 Å². The number of halogens is 3. The molecule has 0 aliphatic carbocycles. The quantitative estimate of drug-likeness (QED) is 0.454. The molecule has 0 aliphatic rings. The number of aliphatic hydroxyl groups is 1. The Labute approximate surface area is 171 Å². The summed E-state index contributed by atoms with van der Waals surface area (Å²) in [5.74, 6) is 0.339. The third-order valence-electron chi connectivity index (χ3n) is 3.72. The number of aromatic nitrogens is 3. The van der Waals surface area contributed by atoms with Crippen LogP contribution in [0.15, 0.2) is 48.5 Å². The molecule has 4 N–H and O–H groups in total. The average molecular weight is 417 g/mol. The number of anilines is 5. The molecule has 1 aromatic heterocycles. The molecule has 30 heavy (non-hydrogen) atoms. The fourth-order valence-electron chi connectivity index (χ4n) is 2.36. The van der Waals surface area contributed by atoms with Crippen molar-refractivity contribution in [2.75, 3.05) is 22.5 Å². The minimum absolute atomic E-state index is 0.0324. The van der Waals surface area contributed by atoms with Gasteiger partial charge in [-0.2, -0.15) is 28.1 Å². The highest BCUT2D eigenvalue weighted by atomic mass is 19.4. The standard InChI is InChI=1S/C20H20F3N6O/c1-19(2,30)12-24-16-27-17(25-14-8-4-3-5-9-14)29-18(28-16)26-15-10-6-7-13(11-15)20(21,22)23/h3-4,6-11,30H,12H2,1-2H3,(H3,24,25,26,27,28,29). The number of benzene rings is 2. The Bertz CT molecular complexity index is 990. The maximum atomic E-state index is 13.0. The van der Waals surface area contributed by atoms with Crippen molar-refractivity contribution in [1.82, 2.24) is 15.0 Å². The van der Waals surface area contributed by atoms with Crippen molar-refractivity contribution >= 4 is 29.2 Å². The van der Waals surface area contributed by atoms with Gasteiger partial charge < -0.3 is 21.1 Å². The maximum absolute atomic E-state index is 13.0. The van der Waals surface area contributed by atoms with Gasteiger partial charge in [-0.05, 0) is 50.2 Å². The second-order valence-electron chi connectivity index (χ2n) is 7.09. The van der Waals surface area contributed by atoms with Gasteiger partial charge in [-0.15, -0.1) is 0 Å². The third kappa shape index (κ3) is 6.31. The van der Waals surface area contributed by atoms with Crippen molar-refractivity contribution in [2.45, 2.75) is 25.6 Å². The molecule has 1 radical (unpaired) electrons. The molecular formula is C20H20F3N6O. The average Bonchev–Trinajstić information content (AvgIpc) is 2.66. The number of nitrogens with one attached hydrogen (secondary N) is 3. The van der Waals surface area contributed by atoms with Crippen molar-refractivity contribution < 1.29 is 18.3 Å². The summed E-state index contributed by atoms with van der Waals surface area (Å²) in [7, 11) is 0. The van der Waals surface area contributed by atoms with Crippen molar-refractivity contribution in [3.05, 3.63) is 60.2 Å². The topological polar surface area (TPSA) is 95.0 Å². The van der Waals surface area contributed by atoms with E-state index in [1.165, 1.54) is 12.1 Å². The Morgan fingerprint density at radius 3 is 2.17 bits per heavy atom. The van der Waals surface area contributed by atoms with Crippen LogP contribution in [0.3, 0.4) is 0 Å². The second-order valence-corrected chi connectivity index (χ2v) is 7.09. The molecule has 0 saturated heterocycles. The van der Waals surface area contributed by atoms with Crippen LogP contribution in [0.25, 0.3) is 0 Å². The van der Waals surface area contributed by atoms with Gasteiger partial charge in [0.25, 0.3) is 0 Å². The third-order valence-corrected chi connectivity index (χ3v) is 3.72. The lowest BCUT2D eigenvalue weighted by molar-refractivity contribution is -0.137. The largest absolute Gasteiger partial charge is 0.416 e. The van der Waals surface area contributed by atoms with Gasteiger partial charge in [-0.1, -0.05) is 18.2 Å². The van der Waals surface area contributed by atoms with Crippen molar-refractivity contribution in [3.63, 3.8) is 0 Å². The number of rotatable bonds is 7. The molecule has 0 spiro atoms. The summed E-state index contributed by atoms with van der Waals surface area (Å²) in [5, 5.41) is 18.6. The minimum Gasteiger partial charge on any atom is -0.389 e. The zero-order valence-electron chi connectivity index (χ0n) is 16.2.